The molecule has 2 unspecified atom stereocenters. The number of carbonyl (C=O) groups excluding carboxylic acids is 3. The summed E-state index contributed by atoms with van der Waals surface area (Å²) in [6.07, 6.45) is 0.595. The van der Waals surface area contributed by atoms with Crippen LogP contribution in [0.25, 0.3) is 0 Å². The monoisotopic (exact) mass is 358 g/mol. The van der Waals surface area contributed by atoms with E-state index in [-0.39, 0.29) is 30.6 Å². The molecule has 4 rings (SSSR count). The highest BCUT2D eigenvalue weighted by Crippen LogP contribution is 2.26. The quantitative estimate of drug-likeness (QED) is 0.841. The number of nitrogens with zero attached hydrogens (tertiary/aromatic N) is 3. The summed E-state index contributed by atoms with van der Waals surface area (Å²) in [7, 11) is 0. The van der Waals surface area contributed by atoms with Crippen LogP contribution in [0.4, 0.5) is 9.59 Å². The van der Waals surface area contributed by atoms with Crippen molar-refractivity contribution in [2.75, 3.05) is 32.8 Å². The van der Waals surface area contributed by atoms with Crippen LogP contribution in [0.2, 0.25) is 0 Å². The Balaban J connectivity index is 1.52. The van der Waals surface area contributed by atoms with Crippen molar-refractivity contribution in [3.05, 3.63) is 35.9 Å². The van der Waals surface area contributed by atoms with Crippen molar-refractivity contribution >= 4 is 18.0 Å². The number of imide groups is 1. The molecule has 3 aliphatic heterocycles. The van der Waals surface area contributed by atoms with Gasteiger partial charge in [0.15, 0.2) is 0 Å². The van der Waals surface area contributed by atoms with Crippen LogP contribution < -0.4 is 5.32 Å². The van der Waals surface area contributed by atoms with Crippen LogP contribution in [0, 0.1) is 0 Å². The van der Waals surface area contributed by atoms with E-state index in [0.717, 1.165) is 5.56 Å². The van der Waals surface area contributed by atoms with E-state index in [1.165, 1.54) is 4.90 Å². The standard InChI is InChI=1S/C18H22N4O4/c23-16-15-14(6-7-21(15)18(25)20-8-10-26-11-9-20)19-17(24)22(16)12-13-4-2-1-3-5-13/h1-5,14-15H,6-12H2,(H,19,24). The van der Waals surface area contributed by atoms with Crippen LogP contribution >= 0.6 is 0 Å². The number of morpholine rings is 1. The molecule has 1 aromatic carbocycles. The van der Waals surface area contributed by atoms with Gasteiger partial charge in [-0.15, -0.1) is 0 Å². The number of likely N-dealkylation sites (tertiary alicyclic amines) is 1. The van der Waals surface area contributed by atoms with Crippen molar-refractivity contribution in [2.45, 2.75) is 25.0 Å². The maximum Gasteiger partial charge on any atom is 0.324 e. The molecule has 5 amide bonds. The second-order valence-corrected chi connectivity index (χ2v) is 6.77. The summed E-state index contributed by atoms with van der Waals surface area (Å²) < 4.78 is 5.29. The van der Waals surface area contributed by atoms with Gasteiger partial charge in [0.1, 0.15) is 6.04 Å². The number of amides is 5. The molecule has 0 aromatic heterocycles. The smallest absolute Gasteiger partial charge is 0.324 e. The molecule has 3 fully saturated rings. The normalized spacial score (nSPS) is 25.9. The first-order valence-corrected chi connectivity index (χ1v) is 8.94. The average molecular weight is 358 g/mol. The van der Waals surface area contributed by atoms with Gasteiger partial charge >= 0.3 is 12.1 Å². The van der Waals surface area contributed by atoms with Crippen LogP contribution in [0.3, 0.4) is 0 Å². The van der Waals surface area contributed by atoms with E-state index in [1.54, 1.807) is 9.80 Å². The number of urea groups is 2. The largest absolute Gasteiger partial charge is 0.378 e. The lowest BCUT2D eigenvalue weighted by atomic mass is 10.0. The Kier molecular flexibility index (Phi) is 4.50. The predicted molar refractivity (Wildman–Crippen MR) is 92.2 cm³/mol. The van der Waals surface area contributed by atoms with Gasteiger partial charge in [0.25, 0.3) is 5.91 Å². The first-order chi connectivity index (χ1) is 12.6. The van der Waals surface area contributed by atoms with E-state index in [9.17, 15) is 14.4 Å². The third-order valence-electron chi connectivity index (χ3n) is 5.18. The SMILES string of the molecule is O=C1NC2CCN(C(=O)N3CCOCC3)C2C(=O)N1Cc1ccccc1. The summed E-state index contributed by atoms with van der Waals surface area (Å²) in [6, 6.07) is 7.89. The fourth-order valence-corrected chi connectivity index (χ4v) is 3.81. The Bertz CT molecular complexity index is 704. The lowest BCUT2D eigenvalue weighted by Gasteiger charge is -2.39. The van der Waals surface area contributed by atoms with Gasteiger partial charge in [-0.25, -0.2) is 9.59 Å². The molecule has 138 valence electrons. The lowest BCUT2D eigenvalue weighted by Crippen LogP contribution is -2.65. The number of carbonyl (C=O) groups is 3. The molecule has 1 aromatic rings. The number of ether oxygens (including phenoxy) is 1. The van der Waals surface area contributed by atoms with E-state index in [4.69, 9.17) is 4.74 Å². The number of hydrogen-bond donors (Lipinski definition) is 1. The Morgan fingerprint density at radius 2 is 1.85 bits per heavy atom. The third kappa shape index (κ3) is 3.01. The summed E-state index contributed by atoms with van der Waals surface area (Å²) in [4.78, 5) is 42.8. The number of benzene rings is 1. The molecule has 2 atom stereocenters. The number of rotatable bonds is 2. The van der Waals surface area contributed by atoms with Crippen molar-refractivity contribution in [3.63, 3.8) is 0 Å². The molecule has 0 radical (unpaired) electrons. The molecule has 3 aliphatic rings. The summed E-state index contributed by atoms with van der Waals surface area (Å²) in [5.41, 5.74) is 0.874. The van der Waals surface area contributed by atoms with Gasteiger partial charge < -0.3 is 19.9 Å². The highest BCUT2D eigenvalue weighted by Gasteiger charge is 2.50. The maximum absolute atomic E-state index is 13.0. The van der Waals surface area contributed by atoms with Crippen molar-refractivity contribution in [1.29, 1.82) is 0 Å². The number of fused-ring (bicyclic) bond motifs is 1. The Morgan fingerprint density at radius 3 is 2.58 bits per heavy atom. The Morgan fingerprint density at radius 1 is 1.12 bits per heavy atom. The molecule has 0 spiro atoms. The van der Waals surface area contributed by atoms with Gasteiger partial charge in [0, 0.05) is 19.6 Å². The fraction of sp³-hybridized carbons (Fsp3) is 0.500. The van der Waals surface area contributed by atoms with Crippen LogP contribution in [0.1, 0.15) is 12.0 Å². The highest BCUT2D eigenvalue weighted by molar-refractivity contribution is 6.02. The van der Waals surface area contributed by atoms with E-state index < -0.39 is 6.04 Å². The van der Waals surface area contributed by atoms with Crippen molar-refractivity contribution < 1.29 is 19.1 Å². The van der Waals surface area contributed by atoms with E-state index in [1.807, 2.05) is 30.3 Å². The minimum Gasteiger partial charge on any atom is -0.378 e. The Labute approximate surface area is 151 Å². The minimum atomic E-state index is -0.633. The zero-order chi connectivity index (χ0) is 18.1. The third-order valence-corrected chi connectivity index (χ3v) is 5.18. The number of hydrogen-bond acceptors (Lipinski definition) is 4. The molecule has 26 heavy (non-hydrogen) atoms. The minimum absolute atomic E-state index is 0.148. The van der Waals surface area contributed by atoms with Crippen LogP contribution in [-0.4, -0.2) is 77.6 Å². The fourth-order valence-electron chi connectivity index (χ4n) is 3.81. The molecule has 8 heteroatoms. The summed E-state index contributed by atoms with van der Waals surface area (Å²) in [5.74, 6) is -0.304. The zero-order valence-electron chi connectivity index (χ0n) is 14.5. The van der Waals surface area contributed by atoms with Gasteiger partial charge in [-0.05, 0) is 12.0 Å². The van der Waals surface area contributed by atoms with Crippen molar-refractivity contribution in [1.82, 2.24) is 20.0 Å². The molecule has 0 saturated carbocycles. The van der Waals surface area contributed by atoms with E-state index in [0.29, 0.717) is 39.3 Å². The molecule has 8 nitrogen and oxygen atoms in total. The first kappa shape index (κ1) is 16.8. The van der Waals surface area contributed by atoms with Gasteiger partial charge in [-0.3, -0.25) is 9.69 Å². The van der Waals surface area contributed by atoms with E-state index >= 15 is 0 Å². The van der Waals surface area contributed by atoms with E-state index in [2.05, 4.69) is 5.32 Å². The maximum atomic E-state index is 13.0. The molecule has 0 aliphatic carbocycles. The molecular weight excluding hydrogens is 336 g/mol. The summed E-state index contributed by atoms with van der Waals surface area (Å²) >= 11 is 0. The molecule has 3 heterocycles. The number of nitrogens with one attached hydrogen (secondary N) is 1. The topological polar surface area (TPSA) is 82.2 Å². The van der Waals surface area contributed by atoms with Crippen LogP contribution in [0.15, 0.2) is 30.3 Å². The molecule has 3 saturated heterocycles. The summed E-state index contributed by atoms with van der Waals surface area (Å²) in [5, 5.41) is 2.90. The first-order valence-electron chi connectivity index (χ1n) is 8.94. The van der Waals surface area contributed by atoms with Gasteiger partial charge in [-0.1, -0.05) is 30.3 Å². The van der Waals surface area contributed by atoms with Gasteiger partial charge in [-0.2, -0.15) is 0 Å². The highest BCUT2D eigenvalue weighted by atomic mass is 16.5. The average Bonchev–Trinajstić information content (AvgIpc) is 3.10. The molecular formula is C18H22N4O4. The van der Waals surface area contributed by atoms with Crippen molar-refractivity contribution in [2.24, 2.45) is 0 Å². The second kappa shape index (κ2) is 6.95. The predicted octanol–water partition coefficient (Wildman–Crippen LogP) is 0.634. The lowest BCUT2D eigenvalue weighted by molar-refractivity contribution is -0.135. The van der Waals surface area contributed by atoms with Gasteiger partial charge in [0.2, 0.25) is 0 Å². The van der Waals surface area contributed by atoms with Gasteiger partial charge in [0.05, 0.1) is 25.8 Å². The molecule has 0 bridgehead atoms. The summed E-state index contributed by atoms with van der Waals surface area (Å²) in [6.45, 7) is 2.75. The zero-order valence-corrected chi connectivity index (χ0v) is 14.5. The van der Waals surface area contributed by atoms with Crippen LogP contribution in [-0.2, 0) is 16.1 Å². The van der Waals surface area contributed by atoms with Crippen molar-refractivity contribution in [3.8, 4) is 0 Å². The second-order valence-electron chi connectivity index (χ2n) is 6.77. The molecule has 1 N–H and O–H groups in total. The Hall–Kier alpha value is -2.61. The van der Waals surface area contributed by atoms with Crippen LogP contribution in [0.5, 0.6) is 0 Å².